The van der Waals surface area contributed by atoms with E-state index in [0.717, 1.165) is 25.7 Å². The molecule has 5 heteroatoms. The molecule has 0 saturated heterocycles. The van der Waals surface area contributed by atoms with Crippen molar-refractivity contribution in [2.24, 2.45) is 0 Å². The zero-order chi connectivity index (χ0) is 13.0. The SMILES string of the molecule is O=[N+]([O-])c1ccc(CO)cc1OC1CCCCC1. The lowest BCUT2D eigenvalue weighted by Gasteiger charge is -2.22. The van der Waals surface area contributed by atoms with Gasteiger partial charge >= 0.3 is 5.69 Å². The molecule has 18 heavy (non-hydrogen) atoms. The summed E-state index contributed by atoms with van der Waals surface area (Å²) in [5.74, 6) is 0.276. The molecule has 0 aromatic heterocycles. The molecule has 0 unspecified atom stereocenters. The van der Waals surface area contributed by atoms with E-state index in [2.05, 4.69) is 0 Å². The van der Waals surface area contributed by atoms with Gasteiger partial charge in [-0.15, -0.1) is 0 Å². The normalized spacial score (nSPS) is 16.5. The van der Waals surface area contributed by atoms with Gasteiger partial charge in [0, 0.05) is 6.07 Å². The number of ether oxygens (including phenoxy) is 1. The van der Waals surface area contributed by atoms with E-state index in [0.29, 0.717) is 5.56 Å². The van der Waals surface area contributed by atoms with Gasteiger partial charge in [0.1, 0.15) is 0 Å². The topological polar surface area (TPSA) is 72.6 Å². The molecule has 1 aromatic carbocycles. The smallest absolute Gasteiger partial charge is 0.310 e. The van der Waals surface area contributed by atoms with Gasteiger partial charge in [0.25, 0.3) is 0 Å². The van der Waals surface area contributed by atoms with E-state index >= 15 is 0 Å². The molecule has 0 bridgehead atoms. The molecular weight excluding hydrogens is 234 g/mol. The van der Waals surface area contributed by atoms with Gasteiger partial charge in [0.15, 0.2) is 5.75 Å². The van der Waals surface area contributed by atoms with Gasteiger partial charge in [-0.25, -0.2) is 0 Å². The van der Waals surface area contributed by atoms with Crippen molar-refractivity contribution >= 4 is 5.69 Å². The summed E-state index contributed by atoms with van der Waals surface area (Å²) in [6.45, 7) is -0.140. The van der Waals surface area contributed by atoms with Crippen molar-refractivity contribution in [3.63, 3.8) is 0 Å². The molecule has 0 amide bonds. The fourth-order valence-corrected chi connectivity index (χ4v) is 2.26. The van der Waals surface area contributed by atoms with E-state index in [1.165, 1.54) is 12.5 Å². The molecule has 0 radical (unpaired) electrons. The summed E-state index contributed by atoms with van der Waals surface area (Å²) in [5, 5.41) is 20.0. The summed E-state index contributed by atoms with van der Waals surface area (Å²) in [6.07, 6.45) is 5.38. The summed E-state index contributed by atoms with van der Waals surface area (Å²) in [6, 6.07) is 4.50. The second kappa shape index (κ2) is 5.82. The quantitative estimate of drug-likeness (QED) is 0.659. The molecule has 5 nitrogen and oxygen atoms in total. The van der Waals surface area contributed by atoms with Crippen molar-refractivity contribution in [2.75, 3.05) is 0 Å². The minimum Gasteiger partial charge on any atom is -0.483 e. The van der Waals surface area contributed by atoms with E-state index in [1.54, 1.807) is 12.1 Å². The maximum atomic E-state index is 10.9. The fraction of sp³-hybridized carbons (Fsp3) is 0.538. The summed E-state index contributed by atoms with van der Waals surface area (Å²) in [5.41, 5.74) is 0.601. The standard InChI is InChI=1S/C13H17NO4/c15-9-10-6-7-12(14(16)17)13(8-10)18-11-4-2-1-3-5-11/h6-8,11,15H,1-5,9H2. The highest BCUT2D eigenvalue weighted by Gasteiger charge is 2.21. The number of benzene rings is 1. The monoisotopic (exact) mass is 251 g/mol. The van der Waals surface area contributed by atoms with Crippen LogP contribution in [0.1, 0.15) is 37.7 Å². The highest BCUT2D eigenvalue weighted by atomic mass is 16.6. The van der Waals surface area contributed by atoms with Crippen LogP contribution in [0.15, 0.2) is 18.2 Å². The molecule has 98 valence electrons. The molecule has 1 aliphatic carbocycles. The number of aliphatic hydroxyl groups excluding tert-OH is 1. The third-order valence-corrected chi connectivity index (χ3v) is 3.25. The van der Waals surface area contributed by atoms with E-state index in [1.807, 2.05) is 0 Å². The molecule has 1 N–H and O–H groups in total. The number of nitro benzene ring substituents is 1. The van der Waals surface area contributed by atoms with Crippen LogP contribution in [0.5, 0.6) is 5.75 Å². The van der Waals surface area contributed by atoms with Crippen LogP contribution in [-0.2, 0) is 6.61 Å². The predicted octanol–water partition coefficient (Wildman–Crippen LogP) is 2.80. The Morgan fingerprint density at radius 1 is 1.33 bits per heavy atom. The predicted molar refractivity (Wildman–Crippen MR) is 66.5 cm³/mol. The van der Waals surface area contributed by atoms with Crippen LogP contribution in [0.4, 0.5) is 5.69 Å². The Morgan fingerprint density at radius 2 is 2.06 bits per heavy atom. The largest absolute Gasteiger partial charge is 0.483 e. The van der Waals surface area contributed by atoms with Crippen LogP contribution < -0.4 is 4.74 Å². The maximum absolute atomic E-state index is 10.9. The third-order valence-electron chi connectivity index (χ3n) is 3.25. The molecule has 1 aromatic rings. The van der Waals surface area contributed by atoms with Gasteiger partial charge < -0.3 is 9.84 Å². The number of rotatable bonds is 4. The van der Waals surface area contributed by atoms with Gasteiger partial charge in [0.2, 0.25) is 0 Å². The molecule has 0 spiro atoms. The third kappa shape index (κ3) is 2.98. The number of nitro groups is 1. The van der Waals surface area contributed by atoms with Gasteiger partial charge in [0.05, 0.1) is 17.6 Å². The number of nitrogens with zero attached hydrogens (tertiary/aromatic N) is 1. The van der Waals surface area contributed by atoms with E-state index in [4.69, 9.17) is 9.84 Å². The Hall–Kier alpha value is -1.62. The Kier molecular flexibility index (Phi) is 4.15. The number of hydrogen-bond donors (Lipinski definition) is 1. The van der Waals surface area contributed by atoms with E-state index < -0.39 is 4.92 Å². The zero-order valence-corrected chi connectivity index (χ0v) is 10.2. The highest BCUT2D eigenvalue weighted by Crippen LogP contribution is 2.31. The average Bonchev–Trinajstić information content (AvgIpc) is 2.39. The van der Waals surface area contributed by atoms with Crippen LogP contribution in [0.25, 0.3) is 0 Å². The Labute approximate surface area is 106 Å². The van der Waals surface area contributed by atoms with E-state index in [-0.39, 0.29) is 24.1 Å². The van der Waals surface area contributed by atoms with Crippen LogP contribution in [0.3, 0.4) is 0 Å². The van der Waals surface area contributed by atoms with Crippen molar-refractivity contribution in [3.05, 3.63) is 33.9 Å². The molecule has 0 aliphatic heterocycles. The minimum absolute atomic E-state index is 0.0298. The minimum atomic E-state index is -0.445. The summed E-state index contributed by atoms with van der Waals surface area (Å²) < 4.78 is 5.74. The van der Waals surface area contributed by atoms with Gasteiger partial charge in [-0.3, -0.25) is 10.1 Å². The molecule has 1 aliphatic rings. The lowest BCUT2D eigenvalue weighted by molar-refractivity contribution is -0.386. The summed E-state index contributed by atoms with van der Waals surface area (Å²) in [4.78, 5) is 10.5. The lowest BCUT2D eigenvalue weighted by atomic mass is 9.98. The van der Waals surface area contributed by atoms with Crippen LogP contribution in [-0.4, -0.2) is 16.1 Å². The van der Waals surface area contributed by atoms with Gasteiger partial charge in [-0.2, -0.15) is 0 Å². The van der Waals surface area contributed by atoms with Crippen LogP contribution in [0, 0.1) is 10.1 Å². The average molecular weight is 251 g/mol. The Morgan fingerprint density at radius 3 is 2.67 bits per heavy atom. The van der Waals surface area contributed by atoms with Crippen LogP contribution in [0.2, 0.25) is 0 Å². The lowest BCUT2D eigenvalue weighted by Crippen LogP contribution is -2.20. The number of aliphatic hydroxyl groups is 1. The van der Waals surface area contributed by atoms with Crippen molar-refractivity contribution in [1.29, 1.82) is 0 Å². The highest BCUT2D eigenvalue weighted by molar-refractivity contribution is 5.48. The molecule has 0 atom stereocenters. The van der Waals surface area contributed by atoms with Gasteiger partial charge in [-0.1, -0.05) is 6.42 Å². The molecule has 1 saturated carbocycles. The van der Waals surface area contributed by atoms with Crippen molar-refractivity contribution in [2.45, 2.75) is 44.8 Å². The summed E-state index contributed by atoms with van der Waals surface area (Å²) in [7, 11) is 0. The first kappa shape index (κ1) is 12.8. The first-order valence-electron chi connectivity index (χ1n) is 6.25. The summed E-state index contributed by atoms with van der Waals surface area (Å²) >= 11 is 0. The van der Waals surface area contributed by atoms with Crippen molar-refractivity contribution in [1.82, 2.24) is 0 Å². The number of hydrogen-bond acceptors (Lipinski definition) is 4. The van der Waals surface area contributed by atoms with Gasteiger partial charge in [-0.05, 0) is 43.4 Å². The first-order valence-corrected chi connectivity index (χ1v) is 6.25. The zero-order valence-electron chi connectivity index (χ0n) is 10.2. The van der Waals surface area contributed by atoms with Crippen molar-refractivity contribution < 1.29 is 14.8 Å². The molecule has 2 rings (SSSR count). The van der Waals surface area contributed by atoms with E-state index in [9.17, 15) is 10.1 Å². The second-order valence-electron chi connectivity index (χ2n) is 4.60. The maximum Gasteiger partial charge on any atom is 0.310 e. The van der Waals surface area contributed by atoms with Crippen molar-refractivity contribution in [3.8, 4) is 5.75 Å². The van der Waals surface area contributed by atoms with Crippen LogP contribution >= 0.6 is 0 Å². The first-order chi connectivity index (χ1) is 8.70. The molecule has 0 heterocycles. The molecule has 1 fully saturated rings. The Balaban J connectivity index is 2.19. The second-order valence-corrected chi connectivity index (χ2v) is 4.60. The Bertz CT molecular complexity index is 427. The molecular formula is C13H17NO4. The fourth-order valence-electron chi connectivity index (χ4n) is 2.26.